The average Bonchev–Trinajstić information content (AvgIpc) is 2.12. The van der Waals surface area contributed by atoms with Crippen molar-refractivity contribution in [2.75, 3.05) is 0 Å². The molecular formula is C7H11Sb. The third-order valence-corrected chi connectivity index (χ3v) is 5.71. The zero-order chi connectivity index (χ0) is 5.98. The van der Waals surface area contributed by atoms with Crippen molar-refractivity contribution < 1.29 is 0 Å². The summed E-state index contributed by atoms with van der Waals surface area (Å²) in [4.78, 5) is 4.85. The molecule has 0 aromatic carbocycles. The summed E-state index contributed by atoms with van der Waals surface area (Å²) in [5, 5.41) is 0. The summed E-state index contributed by atoms with van der Waals surface area (Å²) in [5.41, 5.74) is 0. The molecule has 1 heteroatoms. The molecule has 8 heavy (non-hydrogen) atoms. The van der Waals surface area contributed by atoms with Crippen molar-refractivity contribution in [1.82, 2.24) is 0 Å². The Morgan fingerprint density at radius 2 is 1.62 bits per heavy atom. The Morgan fingerprint density at radius 1 is 1.12 bits per heavy atom. The molecule has 0 heterocycles. The monoisotopic (exact) mass is 216 g/mol. The van der Waals surface area contributed by atoms with E-state index in [1.165, 1.54) is 0 Å². The van der Waals surface area contributed by atoms with Gasteiger partial charge in [0.05, 0.1) is 0 Å². The van der Waals surface area contributed by atoms with Crippen molar-refractivity contribution >= 4 is 20.2 Å². The van der Waals surface area contributed by atoms with Gasteiger partial charge in [-0.1, -0.05) is 0 Å². The van der Waals surface area contributed by atoms with E-state index in [1.807, 2.05) is 0 Å². The van der Waals surface area contributed by atoms with Crippen LogP contribution in [0, 0.1) is 0 Å². The second kappa shape index (κ2) is 2.73. The summed E-state index contributed by atoms with van der Waals surface area (Å²) in [6.45, 7) is 0. The first kappa shape index (κ1) is 6.42. The van der Waals surface area contributed by atoms with Crippen LogP contribution in [0.15, 0.2) is 24.3 Å². The molecule has 1 rings (SSSR count). The van der Waals surface area contributed by atoms with Crippen molar-refractivity contribution in [3.63, 3.8) is 0 Å². The van der Waals surface area contributed by atoms with Crippen LogP contribution in [0.3, 0.4) is 0 Å². The molecule has 1 aliphatic carbocycles. The van der Waals surface area contributed by atoms with Gasteiger partial charge in [0.2, 0.25) is 0 Å². The third-order valence-electron chi connectivity index (χ3n) is 1.32. The second-order valence-electron chi connectivity index (χ2n) is 2.22. The van der Waals surface area contributed by atoms with Gasteiger partial charge in [-0.25, -0.2) is 0 Å². The molecule has 0 amide bonds. The van der Waals surface area contributed by atoms with E-state index in [-0.39, 0.29) is 0 Å². The van der Waals surface area contributed by atoms with Crippen LogP contribution in [0.4, 0.5) is 0 Å². The molecule has 0 fully saturated rings. The van der Waals surface area contributed by atoms with E-state index in [2.05, 4.69) is 34.0 Å². The molecule has 0 aliphatic heterocycles. The molecule has 0 N–H and O–H groups in total. The van der Waals surface area contributed by atoms with Gasteiger partial charge in [-0.3, -0.25) is 0 Å². The normalized spacial score (nSPS) is 18.9. The molecule has 0 aromatic heterocycles. The van der Waals surface area contributed by atoms with E-state index in [4.69, 9.17) is 0 Å². The molecule has 0 bridgehead atoms. The van der Waals surface area contributed by atoms with Crippen LogP contribution >= 0.6 is 0 Å². The molecule has 0 unspecified atom stereocenters. The van der Waals surface area contributed by atoms with Crippen LogP contribution < -0.4 is 0 Å². The van der Waals surface area contributed by atoms with E-state index in [1.54, 1.807) is 0 Å². The Balaban J connectivity index is 2.49. The molecule has 1 aliphatic rings. The second-order valence-corrected chi connectivity index (χ2v) is 9.43. The van der Waals surface area contributed by atoms with Gasteiger partial charge < -0.3 is 0 Å². The summed E-state index contributed by atoms with van der Waals surface area (Å²) in [5.74, 6) is 0. The van der Waals surface area contributed by atoms with Crippen LogP contribution in [0.5, 0.6) is 0 Å². The predicted molar refractivity (Wildman–Crippen MR) is 39.5 cm³/mol. The molecule has 0 saturated carbocycles. The first-order chi connectivity index (χ1) is 3.80. The van der Waals surface area contributed by atoms with Crippen LogP contribution in [-0.2, 0) is 0 Å². The van der Waals surface area contributed by atoms with E-state index in [9.17, 15) is 0 Å². The van der Waals surface area contributed by atoms with Crippen molar-refractivity contribution in [3.8, 4) is 0 Å². The van der Waals surface area contributed by atoms with Gasteiger partial charge in [-0.15, -0.1) is 0 Å². The Bertz CT molecular complexity index is 110. The fourth-order valence-corrected chi connectivity index (χ4v) is 3.30. The van der Waals surface area contributed by atoms with Crippen LogP contribution in [0.25, 0.3) is 0 Å². The summed E-state index contributed by atoms with van der Waals surface area (Å²) in [7, 11) is 0. The molecule has 0 saturated heterocycles. The molecule has 0 spiro atoms. The molecule has 44 valence electrons. The van der Waals surface area contributed by atoms with Gasteiger partial charge in [-0.05, 0) is 0 Å². The first-order valence-electron chi connectivity index (χ1n) is 2.82. The van der Waals surface area contributed by atoms with Crippen molar-refractivity contribution in [1.29, 1.82) is 0 Å². The molecule has 0 radical (unpaired) electrons. The van der Waals surface area contributed by atoms with Gasteiger partial charge in [0, 0.05) is 0 Å². The molecular weight excluding hydrogens is 206 g/mol. The minimum atomic E-state index is -0.769. The van der Waals surface area contributed by atoms with Gasteiger partial charge in [0.15, 0.2) is 0 Å². The van der Waals surface area contributed by atoms with Gasteiger partial charge in [0.25, 0.3) is 0 Å². The number of rotatable bonds is 1. The number of hydrogen-bond acceptors (Lipinski definition) is 0. The quantitative estimate of drug-likeness (QED) is 0.590. The third kappa shape index (κ3) is 1.39. The fraction of sp³-hybridized carbons (Fsp3) is 0.429. The van der Waals surface area contributed by atoms with Crippen LogP contribution in [0.1, 0.15) is 0 Å². The summed E-state index contributed by atoms with van der Waals surface area (Å²) >= 11 is -0.769. The average molecular weight is 217 g/mol. The fourth-order valence-electron chi connectivity index (χ4n) is 0.764. The summed E-state index contributed by atoms with van der Waals surface area (Å²) < 4.78 is 0.887. The Hall–Kier alpha value is 0.298. The molecule has 0 atom stereocenters. The van der Waals surface area contributed by atoms with Crippen molar-refractivity contribution in [2.45, 2.75) is 13.6 Å². The SMILES string of the molecule is [CH3][Sb]([CH3])[CH]1C=CC=C1. The van der Waals surface area contributed by atoms with Gasteiger partial charge in [0.1, 0.15) is 0 Å². The van der Waals surface area contributed by atoms with E-state index >= 15 is 0 Å². The zero-order valence-electron chi connectivity index (χ0n) is 5.33. The molecule has 0 aromatic rings. The zero-order valence-corrected chi connectivity index (χ0v) is 7.89. The first-order valence-corrected chi connectivity index (χ1v) is 9.40. The number of allylic oxidation sites excluding steroid dienone is 4. The van der Waals surface area contributed by atoms with E-state index in [0.29, 0.717) is 0 Å². The standard InChI is InChI=1S/C5H5.2CH3.Sb/c1-2-4-5-3-1;;;/h1-5H;2*1H3;. The number of hydrogen-bond donors (Lipinski definition) is 0. The molecule has 0 nitrogen and oxygen atoms in total. The maximum atomic E-state index is 2.42. The van der Waals surface area contributed by atoms with Crippen molar-refractivity contribution in [2.24, 2.45) is 0 Å². The van der Waals surface area contributed by atoms with E-state index in [0.717, 1.165) is 3.86 Å². The van der Waals surface area contributed by atoms with E-state index < -0.39 is 20.2 Å². The Kier molecular flexibility index (Phi) is 2.19. The Labute approximate surface area is 58.2 Å². The van der Waals surface area contributed by atoms with Gasteiger partial charge in [-0.2, -0.15) is 0 Å². The summed E-state index contributed by atoms with van der Waals surface area (Å²) in [6.07, 6.45) is 8.97. The Morgan fingerprint density at radius 3 is 1.88 bits per heavy atom. The predicted octanol–water partition coefficient (Wildman–Crippen LogP) is 2.24. The minimum absolute atomic E-state index is 0.769. The van der Waals surface area contributed by atoms with Crippen LogP contribution in [0.2, 0.25) is 13.6 Å². The summed E-state index contributed by atoms with van der Waals surface area (Å²) in [6, 6.07) is 0. The van der Waals surface area contributed by atoms with Crippen molar-refractivity contribution in [3.05, 3.63) is 24.3 Å². The maximum absolute atomic E-state index is 2.42. The van der Waals surface area contributed by atoms with Gasteiger partial charge >= 0.3 is 58.1 Å². The topological polar surface area (TPSA) is 0 Å². The van der Waals surface area contributed by atoms with Crippen LogP contribution in [-0.4, -0.2) is 20.2 Å².